The Morgan fingerprint density at radius 1 is 0.391 bits per heavy atom. The number of amides is 1. The van der Waals surface area contributed by atoms with Crippen LogP contribution in [0.25, 0.3) is 0 Å². The molecule has 6 heteroatoms. The molecule has 0 aromatic rings. The number of aliphatic hydroxyl groups excluding tert-OH is 2. The third-order valence-electron chi connectivity index (χ3n) is 14.5. The van der Waals surface area contributed by atoms with Crippen LogP contribution >= 0.6 is 0 Å². The molecule has 0 saturated heterocycles. The van der Waals surface area contributed by atoms with Crippen LogP contribution in [0.5, 0.6) is 0 Å². The van der Waals surface area contributed by atoms with E-state index in [9.17, 15) is 19.8 Å². The van der Waals surface area contributed by atoms with E-state index in [0.717, 1.165) is 38.5 Å². The van der Waals surface area contributed by atoms with E-state index >= 15 is 0 Å². The number of rotatable bonds is 58. The molecule has 0 aliphatic rings. The summed E-state index contributed by atoms with van der Waals surface area (Å²) < 4.78 is 5.49. The second-order valence-electron chi connectivity index (χ2n) is 21.4. The highest BCUT2D eigenvalue weighted by molar-refractivity contribution is 5.76. The van der Waals surface area contributed by atoms with Crippen LogP contribution in [0.15, 0.2) is 24.3 Å². The van der Waals surface area contributed by atoms with Crippen molar-refractivity contribution in [3.63, 3.8) is 0 Å². The first kappa shape index (κ1) is 67.3. The van der Waals surface area contributed by atoms with E-state index in [4.69, 9.17) is 4.74 Å². The van der Waals surface area contributed by atoms with E-state index in [1.807, 2.05) is 6.08 Å². The summed E-state index contributed by atoms with van der Waals surface area (Å²) in [6.45, 7) is 4.91. The molecule has 6 nitrogen and oxygen atoms in total. The largest absolute Gasteiger partial charge is 0.466 e. The van der Waals surface area contributed by atoms with Gasteiger partial charge in [0.2, 0.25) is 5.91 Å². The molecule has 3 N–H and O–H groups in total. The highest BCUT2D eigenvalue weighted by atomic mass is 16.5. The highest BCUT2D eigenvalue weighted by Gasteiger charge is 2.18. The van der Waals surface area contributed by atoms with Crippen LogP contribution in [0.4, 0.5) is 0 Å². The Morgan fingerprint density at radius 3 is 1.03 bits per heavy atom. The number of esters is 1. The van der Waals surface area contributed by atoms with Crippen molar-refractivity contribution >= 4 is 11.9 Å². The van der Waals surface area contributed by atoms with Gasteiger partial charge in [-0.25, -0.2) is 0 Å². The smallest absolute Gasteiger partial charge is 0.305 e. The Morgan fingerprint density at radius 2 is 0.681 bits per heavy atom. The van der Waals surface area contributed by atoms with Crippen molar-refractivity contribution in [1.29, 1.82) is 0 Å². The minimum Gasteiger partial charge on any atom is -0.466 e. The molecule has 2 atom stereocenters. The highest BCUT2D eigenvalue weighted by Crippen LogP contribution is 2.17. The number of hydrogen-bond acceptors (Lipinski definition) is 5. The summed E-state index contributed by atoms with van der Waals surface area (Å²) in [6.07, 6.45) is 72.3. The minimum absolute atomic E-state index is 0.0170. The van der Waals surface area contributed by atoms with Crippen molar-refractivity contribution in [3.05, 3.63) is 24.3 Å². The van der Waals surface area contributed by atoms with Crippen LogP contribution in [-0.2, 0) is 14.3 Å². The van der Waals surface area contributed by atoms with Gasteiger partial charge < -0.3 is 20.3 Å². The van der Waals surface area contributed by atoms with Crippen molar-refractivity contribution in [2.45, 2.75) is 353 Å². The van der Waals surface area contributed by atoms with Crippen LogP contribution in [-0.4, -0.2) is 47.4 Å². The quantitative estimate of drug-likeness (QED) is 0.0321. The van der Waals surface area contributed by atoms with Crippen molar-refractivity contribution in [2.75, 3.05) is 13.2 Å². The lowest BCUT2D eigenvalue weighted by molar-refractivity contribution is -0.143. The number of aliphatic hydroxyl groups is 2. The average Bonchev–Trinajstić information content (AvgIpc) is 3.35. The molecule has 69 heavy (non-hydrogen) atoms. The van der Waals surface area contributed by atoms with Crippen LogP contribution < -0.4 is 5.32 Å². The summed E-state index contributed by atoms with van der Waals surface area (Å²) in [5, 5.41) is 23.0. The van der Waals surface area contributed by atoms with Crippen molar-refractivity contribution < 1.29 is 24.5 Å². The zero-order valence-electron chi connectivity index (χ0n) is 46.6. The van der Waals surface area contributed by atoms with Gasteiger partial charge in [-0.2, -0.15) is 0 Å². The van der Waals surface area contributed by atoms with Crippen LogP contribution in [0.2, 0.25) is 0 Å². The van der Waals surface area contributed by atoms with Crippen LogP contribution in [0.3, 0.4) is 0 Å². The Labute approximate surface area is 431 Å². The SMILES string of the molecule is CCCCCCCCCCC/C=C/C(O)C(CO)NC(=O)CCCCCCCCCCCC/C=C\CCCCCCCCCCCCCCOC(=O)CCCCCCCCCCCCCCCCC. The third kappa shape index (κ3) is 55.5. The maximum atomic E-state index is 12.4. The summed E-state index contributed by atoms with van der Waals surface area (Å²) in [4.78, 5) is 24.5. The maximum Gasteiger partial charge on any atom is 0.305 e. The van der Waals surface area contributed by atoms with Crippen molar-refractivity contribution in [1.82, 2.24) is 5.32 Å². The van der Waals surface area contributed by atoms with Crippen molar-refractivity contribution in [3.8, 4) is 0 Å². The van der Waals surface area contributed by atoms with E-state index in [-0.39, 0.29) is 18.5 Å². The Kier molecular flexibility index (Phi) is 57.5. The first-order valence-corrected chi connectivity index (χ1v) is 31.1. The van der Waals surface area contributed by atoms with Gasteiger partial charge in [-0.3, -0.25) is 9.59 Å². The first-order valence-electron chi connectivity index (χ1n) is 31.1. The molecular weight excluding hydrogens is 851 g/mol. The molecule has 0 fully saturated rings. The van der Waals surface area contributed by atoms with Gasteiger partial charge in [0.15, 0.2) is 0 Å². The van der Waals surface area contributed by atoms with E-state index in [1.165, 1.54) is 276 Å². The molecule has 0 saturated carbocycles. The molecule has 0 aliphatic heterocycles. The number of unbranched alkanes of at least 4 members (excludes halogenated alkanes) is 45. The van der Waals surface area contributed by atoms with Gasteiger partial charge in [-0.05, 0) is 57.8 Å². The standard InChI is InChI=1S/C63H121NO5/c1-3-5-7-9-11-13-15-16-29-33-37-41-45-49-53-57-63(68)69-58-54-50-46-42-38-34-31-28-26-24-22-20-18-17-19-21-23-25-27-30-32-36-40-44-48-52-56-62(67)64-60(59-65)61(66)55-51-47-43-39-35-14-12-10-8-6-4-2/h17,19,51,55,60-61,65-66H,3-16,18,20-50,52-54,56-59H2,1-2H3,(H,64,67)/b19-17-,55-51+. The molecule has 0 spiro atoms. The van der Waals surface area contributed by atoms with Gasteiger partial charge in [0.05, 0.1) is 25.4 Å². The topological polar surface area (TPSA) is 95.9 Å². The fourth-order valence-corrected chi connectivity index (χ4v) is 9.69. The van der Waals surface area contributed by atoms with E-state index < -0.39 is 12.1 Å². The Hall–Kier alpha value is -1.66. The molecule has 0 aliphatic carbocycles. The lowest BCUT2D eigenvalue weighted by atomic mass is 10.0. The van der Waals surface area contributed by atoms with Crippen LogP contribution in [0, 0.1) is 0 Å². The lowest BCUT2D eigenvalue weighted by Crippen LogP contribution is -2.45. The predicted molar refractivity (Wildman–Crippen MR) is 301 cm³/mol. The molecule has 0 aromatic heterocycles. The van der Waals surface area contributed by atoms with Gasteiger partial charge in [0.25, 0.3) is 0 Å². The molecule has 408 valence electrons. The molecule has 0 bridgehead atoms. The summed E-state index contributed by atoms with van der Waals surface area (Å²) in [5.41, 5.74) is 0. The number of ether oxygens (including phenoxy) is 1. The van der Waals surface area contributed by atoms with E-state index in [0.29, 0.717) is 19.4 Å². The second-order valence-corrected chi connectivity index (χ2v) is 21.4. The number of allylic oxidation sites excluding steroid dienone is 3. The molecular formula is C63H121NO5. The molecule has 0 rings (SSSR count). The zero-order valence-corrected chi connectivity index (χ0v) is 46.6. The number of nitrogens with one attached hydrogen (secondary N) is 1. The van der Waals surface area contributed by atoms with E-state index in [2.05, 4.69) is 31.3 Å². The molecule has 0 radical (unpaired) electrons. The summed E-state index contributed by atoms with van der Waals surface area (Å²) in [5.74, 6) is -0.0532. The summed E-state index contributed by atoms with van der Waals surface area (Å²) >= 11 is 0. The lowest BCUT2D eigenvalue weighted by Gasteiger charge is -2.20. The third-order valence-corrected chi connectivity index (χ3v) is 14.5. The van der Waals surface area contributed by atoms with Gasteiger partial charge >= 0.3 is 5.97 Å². The summed E-state index contributed by atoms with van der Waals surface area (Å²) in [6, 6.07) is -0.627. The first-order chi connectivity index (χ1) is 34.0. The average molecular weight is 973 g/mol. The molecule has 1 amide bonds. The Balaban J connectivity index is 3.37. The minimum atomic E-state index is -0.843. The maximum absolute atomic E-state index is 12.4. The van der Waals surface area contributed by atoms with Gasteiger partial charge in [-0.1, -0.05) is 295 Å². The zero-order chi connectivity index (χ0) is 50.0. The normalized spacial score (nSPS) is 12.7. The molecule has 2 unspecified atom stereocenters. The molecule has 0 heterocycles. The van der Waals surface area contributed by atoms with Gasteiger partial charge in [0, 0.05) is 12.8 Å². The van der Waals surface area contributed by atoms with Crippen LogP contribution in [0.1, 0.15) is 341 Å². The van der Waals surface area contributed by atoms with E-state index in [1.54, 1.807) is 6.08 Å². The number of carbonyl (C=O) groups excluding carboxylic acids is 2. The van der Waals surface area contributed by atoms with Crippen molar-refractivity contribution in [2.24, 2.45) is 0 Å². The Bertz CT molecular complexity index is 1080. The van der Waals surface area contributed by atoms with Gasteiger partial charge in [0.1, 0.15) is 0 Å². The van der Waals surface area contributed by atoms with Gasteiger partial charge in [-0.15, -0.1) is 0 Å². The fraction of sp³-hybridized carbons (Fsp3) is 0.905. The second kappa shape index (κ2) is 58.9. The fourth-order valence-electron chi connectivity index (χ4n) is 9.69. The predicted octanol–water partition coefficient (Wildman–Crippen LogP) is 19.4. The molecule has 0 aromatic carbocycles. The monoisotopic (exact) mass is 972 g/mol. The number of carbonyl (C=O) groups is 2. The summed E-state index contributed by atoms with van der Waals surface area (Å²) in [7, 11) is 0. The number of hydrogen-bond donors (Lipinski definition) is 3.